The van der Waals surface area contributed by atoms with Gasteiger partial charge in [-0.05, 0) is 25.8 Å². The van der Waals surface area contributed by atoms with E-state index >= 15 is 0 Å². The van der Waals surface area contributed by atoms with Gasteiger partial charge in [0.2, 0.25) is 5.91 Å². The van der Waals surface area contributed by atoms with Gasteiger partial charge in [-0.25, -0.2) is 13.4 Å². The number of anilines is 1. The zero-order valence-electron chi connectivity index (χ0n) is 14.6. The standard InChI is InChI=1S/C17H23N3O3S2/c1-11-4-6-13(7-5-11)10-15-12(2)19-17(24-15)20-16(21)14(18)8-9-25(3,22)23/h4-7,14H,8-10,18H2,1-3H3,(H,19,20,21). The molecule has 1 aromatic heterocycles. The van der Waals surface area contributed by atoms with E-state index < -0.39 is 21.8 Å². The van der Waals surface area contributed by atoms with Crippen LogP contribution in [0.3, 0.4) is 0 Å². The molecule has 6 nitrogen and oxygen atoms in total. The van der Waals surface area contributed by atoms with E-state index in [0.717, 1.165) is 23.2 Å². The summed E-state index contributed by atoms with van der Waals surface area (Å²) in [5, 5.41) is 3.17. The summed E-state index contributed by atoms with van der Waals surface area (Å²) >= 11 is 1.41. The van der Waals surface area contributed by atoms with E-state index in [1.165, 1.54) is 22.5 Å². The molecular weight excluding hydrogens is 358 g/mol. The number of carbonyl (C=O) groups is 1. The van der Waals surface area contributed by atoms with Gasteiger partial charge in [0.25, 0.3) is 0 Å². The summed E-state index contributed by atoms with van der Waals surface area (Å²) in [5.74, 6) is -0.531. The molecule has 0 aliphatic heterocycles. The summed E-state index contributed by atoms with van der Waals surface area (Å²) in [7, 11) is -3.14. The molecule has 136 valence electrons. The Morgan fingerprint density at radius 3 is 2.52 bits per heavy atom. The van der Waals surface area contributed by atoms with E-state index in [-0.39, 0.29) is 12.2 Å². The monoisotopic (exact) mass is 381 g/mol. The number of hydrogen-bond donors (Lipinski definition) is 2. The van der Waals surface area contributed by atoms with Gasteiger partial charge in [0, 0.05) is 17.6 Å². The number of nitrogens with one attached hydrogen (secondary N) is 1. The number of nitrogens with zero attached hydrogens (tertiary/aromatic N) is 1. The van der Waals surface area contributed by atoms with Crippen LogP contribution in [-0.2, 0) is 21.1 Å². The Bertz CT molecular complexity index is 843. The van der Waals surface area contributed by atoms with Crippen molar-refractivity contribution in [3.8, 4) is 0 Å². The summed E-state index contributed by atoms with van der Waals surface area (Å²) in [6, 6.07) is 7.41. The van der Waals surface area contributed by atoms with E-state index in [0.29, 0.717) is 5.13 Å². The lowest BCUT2D eigenvalue weighted by Crippen LogP contribution is -2.37. The molecule has 0 bridgehead atoms. The van der Waals surface area contributed by atoms with E-state index in [1.54, 1.807) is 0 Å². The number of amides is 1. The van der Waals surface area contributed by atoms with Gasteiger partial charge in [-0.3, -0.25) is 4.79 Å². The van der Waals surface area contributed by atoms with Crippen LogP contribution < -0.4 is 11.1 Å². The van der Waals surface area contributed by atoms with Gasteiger partial charge < -0.3 is 11.1 Å². The molecule has 2 rings (SSSR count). The molecule has 3 N–H and O–H groups in total. The lowest BCUT2D eigenvalue weighted by molar-refractivity contribution is -0.117. The summed E-state index contributed by atoms with van der Waals surface area (Å²) in [6.07, 6.45) is 1.96. The minimum atomic E-state index is -3.14. The highest BCUT2D eigenvalue weighted by Gasteiger charge is 2.18. The maximum absolute atomic E-state index is 12.1. The topological polar surface area (TPSA) is 102 Å². The third-order valence-electron chi connectivity index (χ3n) is 3.74. The fourth-order valence-corrected chi connectivity index (χ4v) is 3.89. The van der Waals surface area contributed by atoms with Gasteiger partial charge in [-0.15, -0.1) is 11.3 Å². The molecule has 0 radical (unpaired) electrons. The Labute approximate surface area is 152 Å². The summed E-state index contributed by atoms with van der Waals surface area (Å²) in [6.45, 7) is 3.95. The third-order valence-corrected chi connectivity index (χ3v) is 5.79. The Morgan fingerprint density at radius 1 is 1.28 bits per heavy atom. The largest absolute Gasteiger partial charge is 0.320 e. The molecule has 25 heavy (non-hydrogen) atoms. The second-order valence-corrected chi connectivity index (χ2v) is 9.55. The second-order valence-electron chi connectivity index (χ2n) is 6.20. The number of thiazole rings is 1. The first kappa shape index (κ1) is 19.6. The van der Waals surface area contributed by atoms with Gasteiger partial charge >= 0.3 is 0 Å². The number of hydrogen-bond acceptors (Lipinski definition) is 6. The van der Waals surface area contributed by atoms with Crippen molar-refractivity contribution >= 4 is 32.2 Å². The van der Waals surface area contributed by atoms with Crippen molar-refractivity contribution in [2.45, 2.75) is 32.7 Å². The first-order valence-electron chi connectivity index (χ1n) is 7.90. The van der Waals surface area contributed by atoms with Gasteiger partial charge in [0.15, 0.2) is 5.13 Å². The van der Waals surface area contributed by atoms with Crippen LogP contribution >= 0.6 is 11.3 Å². The van der Waals surface area contributed by atoms with Crippen LogP contribution in [0.5, 0.6) is 0 Å². The highest BCUT2D eigenvalue weighted by atomic mass is 32.2. The quantitative estimate of drug-likeness (QED) is 0.764. The first-order valence-corrected chi connectivity index (χ1v) is 10.8. The molecule has 1 atom stereocenters. The maximum Gasteiger partial charge on any atom is 0.243 e. The number of sulfone groups is 1. The minimum absolute atomic E-state index is 0.0885. The molecule has 0 spiro atoms. The number of nitrogens with two attached hydrogens (primary N) is 1. The van der Waals surface area contributed by atoms with Crippen LogP contribution in [0, 0.1) is 13.8 Å². The average Bonchev–Trinajstić information content (AvgIpc) is 2.86. The van der Waals surface area contributed by atoms with Crippen LogP contribution in [0.25, 0.3) is 0 Å². The normalized spacial score (nSPS) is 12.8. The Morgan fingerprint density at radius 2 is 1.92 bits per heavy atom. The Hall–Kier alpha value is -1.77. The lowest BCUT2D eigenvalue weighted by Gasteiger charge is -2.09. The number of carbonyl (C=O) groups excluding carboxylic acids is 1. The molecule has 0 saturated carbocycles. The highest BCUT2D eigenvalue weighted by molar-refractivity contribution is 7.90. The lowest BCUT2D eigenvalue weighted by atomic mass is 10.1. The fraction of sp³-hybridized carbons (Fsp3) is 0.412. The fourth-order valence-electron chi connectivity index (χ4n) is 2.21. The average molecular weight is 382 g/mol. The van der Waals surface area contributed by atoms with Crippen LogP contribution in [0.1, 0.15) is 28.1 Å². The predicted molar refractivity (Wildman–Crippen MR) is 102 cm³/mol. The van der Waals surface area contributed by atoms with Crippen LogP contribution in [0.15, 0.2) is 24.3 Å². The molecule has 0 saturated heterocycles. The molecular formula is C17H23N3O3S2. The van der Waals surface area contributed by atoms with Crippen molar-refractivity contribution < 1.29 is 13.2 Å². The molecule has 1 heterocycles. The Kier molecular flexibility index (Phi) is 6.31. The summed E-state index contributed by atoms with van der Waals surface area (Å²) in [5.41, 5.74) is 9.01. The van der Waals surface area contributed by atoms with Gasteiger partial charge in [0.05, 0.1) is 17.5 Å². The van der Waals surface area contributed by atoms with Crippen molar-refractivity contribution in [2.24, 2.45) is 5.73 Å². The molecule has 1 unspecified atom stereocenters. The van der Waals surface area contributed by atoms with Crippen LogP contribution in [-0.4, -0.2) is 37.4 Å². The van der Waals surface area contributed by atoms with E-state index in [4.69, 9.17) is 5.73 Å². The molecule has 8 heteroatoms. The van der Waals surface area contributed by atoms with Gasteiger partial charge in [0.1, 0.15) is 9.84 Å². The molecule has 0 aliphatic rings. The SMILES string of the molecule is Cc1ccc(Cc2sc(NC(=O)C(N)CCS(C)(=O)=O)nc2C)cc1. The van der Waals surface area contributed by atoms with Gasteiger partial charge in [-0.1, -0.05) is 29.8 Å². The van der Waals surface area contributed by atoms with Crippen LogP contribution in [0.2, 0.25) is 0 Å². The Balaban J connectivity index is 1.99. The van der Waals surface area contributed by atoms with Gasteiger partial charge in [-0.2, -0.15) is 0 Å². The molecule has 2 aromatic rings. The van der Waals surface area contributed by atoms with E-state index in [2.05, 4.69) is 34.6 Å². The predicted octanol–water partition coefficient (Wildman–Crippen LogP) is 2.05. The highest BCUT2D eigenvalue weighted by Crippen LogP contribution is 2.25. The summed E-state index contributed by atoms with van der Waals surface area (Å²) < 4.78 is 22.3. The van der Waals surface area contributed by atoms with E-state index in [9.17, 15) is 13.2 Å². The number of rotatable bonds is 7. The van der Waals surface area contributed by atoms with E-state index in [1.807, 2.05) is 13.8 Å². The molecule has 0 aliphatic carbocycles. The zero-order chi connectivity index (χ0) is 18.6. The number of aryl methyl sites for hydroxylation is 2. The zero-order valence-corrected chi connectivity index (χ0v) is 16.2. The van der Waals surface area contributed by atoms with Crippen molar-refractivity contribution in [2.75, 3.05) is 17.3 Å². The smallest absolute Gasteiger partial charge is 0.243 e. The van der Waals surface area contributed by atoms with Crippen molar-refractivity contribution in [3.63, 3.8) is 0 Å². The third kappa shape index (κ3) is 6.22. The van der Waals surface area contributed by atoms with Crippen LogP contribution in [0.4, 0.5) is 5.13 Å². The molecule has 0 fully saturated rings. The first-order chi connectivity index (χ1) is 11.6. The molecule has 1 aromatic carbocycles. The summed E-state index contributed by atoms with van der Waals surface area (Å²) in [4.78, 5) is 17.5. The molecule has 1 amide bonds. The van der Waals surface area contributed by atoms with Crippen molar-refractivity contribution in [3.05, 3.63) is 46.0 Å². The second kappa shape index (κ2) is 8.07. The maximum atomic E-state index is 12.1. The van der Waals surface area contributed by atoms with Crippen molar-refractivity contribution in [1.29, 1.82) is 0 Å². The minimum Gasteiger partial charge on any atom is -0.320 e. The van der Waals surface area contributed by atoms with Crippen molar-refractivity contribution in [1.82, 2.24) is 4.98 Å². The number of aromatic nitrogens is 1. The number of benzene rings is 1.